The van der Waals surface area contributed by atoms with E-state index in [4.69, 9.17) is 0 Å². The third-order valence-electron chi connectivity index (χ3n) is 5.52. The maximum Gasteiger partial charge on any atom is 0.240 e. The van der Waals surface area contributed by atoms with Crippen LogP contribution in [-0.2, 0) is 21.4 Å². The van der Waals surface area contributed by atoms with E-state index in [9.17, 15) is 17.6 Å². The minimum atomic E-state index is -3.65. The monoisotopic (exact) mass is 447 g/mol. The van der Waals surface area contributed by atoms with Gasteiger partial charge in [-0.3, -0.25) is 9.69 Å². The van der Waals surface area contributed by atoms with E-state index in [0.29, 0.717) is 18.7 Å². The van der Waals surface area contributed by atoms with Crippen LogP contribution in [0, 0.1) is 19.7 Å². The number of hydrogen-bond acceptors (Lipinski definition) is 4. The number of amides is 1. The molecule has 6 nitrogen and oxygen atoms in total. The number of sulfonamides is 1. The molecule has 1 amide bonds. The van der Waals surface area contributed by atoms with E-state index in [1.165, 1.54) is 12.1 Å². The molecular formula is C23H30FN3O3S. The first-order valence-electron chi connectivity index (χ1n) is 10.6. The second-order valence-electron chi connectivity index (χ2n) is 8.05. The zero-order valence-corrected chi connectivity index (χ0v) is 18.9. The Morgan fingerprint density at radius 3 is 2.52 bits per heavy atom. The third-order valence-corrected chi connectivity index (χ3v) is 7.13. The molecule has 31 heavy (non-hydrogen) atoms. The molecule has 0 aliphatic carbocycles. The van der Waals surface area contributed by atoms with Gasteiger partial charge in [0.2, 0.25) is 15.9 Å². The molecule has 0 spiro atoms. The molecule has 0 unspecified atom stereocenters. The van der Waals surface area contributed by atoms with Gasteiger partial charge in [-0.1, -0.05) is 24.3 Å². The quantitative estimate of drug-likeness (QED) is 0.709. The molecule has 1 heterocycles. The summed E-state index contributed by atoms with van der Waals surface area (Å²) in [6.07, 6.45) is 0.975. The van der Waals surface area contributed by atoms with Crippen molar-refractivity contribution < 1.29 is 17.6 Å². The van der Waals surface area contributed by atoms with Crippen LogP contribution in [0.15, 0.2) is 47.4 Å². The number of nitrogens with one attached hydrogen (secondary N) is 1. The average molecular weight is 448 g/mol. The van der Waals surface area contributed by atoms with Gasteiger partial charge in [0, 0.05) is 45.7 Å². The zero-order valence-electron chi connectivity index (χ0n) is 18.1. The number of halogens is 1. The van der Waals surface area contributed by atoms with E-state index in [2.05, 4.69) is 9.62 Å². The Balaban J connectivity index is 1.48. The molecule has 2 aromatic rings. The summed E-state index contributed by atoms with van der Waals surface area (Å²) in [5.74, 6) is -0.295. The maximum atomic E-state index is 13.1. The van der Waals surface area contributed by atoms with E-state index < -0.39 is 10.0 Å². The summed E-state index contributed by atoms with van der Waals surface area (Å²) in [5, 5.41) is 0. The molecule has 0 saturated carbocycles. The van der Waals surface area contributed by atoms with Crippen LogP contribution in [-0.4, -0.2) is 56.8 Å². The number of hydrogen-bond donors (Lipinski definition) is 1. The molecule has 1 N–H and O–H groups in total. The zero-order chi connectivity index (χ0) is 22.4. The number of rotatable bonds is 7. The molecule has 0 aromatic heterocycles. The predicted octanol–water partition coefficient (Wildman–Crippen LogP) is 2.85. The number of aryl methyl sites for hydroxylation is 2. The van der Waals surface area contributed by atoms with Crippen molar-refractivity contribution in [3.05, 3.63) is 65.0 Å². The molecule has 1 saturated heterocycles. The highest BCUT2D eigenvalue weighted by atomic mass is 32.2. The summed E-state index contributed by atoms with van der Waals surface area (Å²) in [6.45, 7) is 7.25. The minimum Gasteiger partial charge on any atom is -0.341 e. The molecule has 1 aliphatic rings. The van der Waals surface area contributed by atoms with Crippen LogP contribution < -0.4 is 4.72 Å². The number of carbonyl (C=O) groups is 1. The van der Waals surface area contributed by atoms with Gasteiger partial charge in [-0.05, 0) is 55.2 Å². The number of carbonyl (C=O) groups excluding carboxylic acids is 1. The van der Waals surface area contributed by atoms with Crippen LogP contribution in [0.3, 0.4) is 0 Å². The Labute approximate surface area is 184 Å². The highest BCUT2D eigenvalue weighted by Gasteiger charge is 2.21. The largest absolute Gasteiger partial charge is 0.341 e. The molecule has 3 rings (SSSR count). The third kappa shape index (κ3) is 6.59. The van der Waals surface area contributed by atoms with E-state index in [1.54, 1.807) is 36.1 Å². The molecule has 0 bridgehead atoms. The van der Waals surface area contributed by atoms with Crippen molar-refractivity contribution in [2.24, 2.45) is 0 Å². The van der Waals surface area contributed by atoms with Crippen molar-refractivity contribution in [2.75, 3.05) is 32.7 Å². The first-order valence-corrected chi connectivity index (χ1v) is 12.0. The fourth-order valence-electron chi connectivity index (χ4n) is 3.75. The van der Waals surface area contributed by atoms with E-state index in [-0.39, 0.29) is 29.6 Å². The van der Waals surface area contributed by atoms with Crippen molar-refractivity contribution in [1.82, 2.24) is 14.5 Å². The van der Waals surface area contributed by atoms with Gasteiger partial charge in [-0.25, -0.2) is 17.5 Å². The fourth-order valence-corrected chi connectivity index (χ4v) is 5.11. The lowest BCUT2D eigenvalue weighted by Crippen LogP contribution is -2.37. The topological polar surface area (TPSA) is 69.7 Å². The van der Waals surface area contributed by atoms with E-state index in [0.717, 1.165) is 37.2 Å². The normalized spacial score (nSPS) is 15.6. The Morgan fingerprint density at radius 2 is 1.77 bits per heavy atom. The van der Waals surface area contributed by atoms with Crippen LogP contribution >= 0.6 is 0 Å². The van der Waals surface area contributed by atoms with Crippen LogP contribution in [0.1, 0.15) is 29.5 Å². The lowest BCUT2D eigenvalue weighted by molar-refractivity contribution is -0.130. The molecular weight excluding hydrogens is 417 g/mol. The van der Waals surface area contributed by atoms with Crippen molar-refractivity contribution in [1.29, 1.82) is 0 Å². The van der Waals surface area contributed by atoms with Crippen LogP contribution in [0.5, 0.6) is 0 Å². The maximum absolute atomic E-state index is 13.1. The molecule has 0 atom stereocenters. The van der Waals surface area contributed by atoms with Crippen molar-refractivity contribution in [3.63, 3.8) is 0 Å². The predicted molar refractivity (Wildman–Crippen MR) is 119 cm³/mol. The van der Waals surface area contributed by atoms with Crippen molar-refractivity contribution in [2.45, 2.75) is 38.1 Å². The van der Waals surface area contributed by atoms with Gasteiger partial charge in [0.1, 0.15) is 5.82 Å². The minimum absolute atomic E-state index is 0.0488. The van der Waals surface area contributed by atoms with Crippen LogP contribution in [0.2, 0.25) is 0 Å². The lowest BCUT2D eigenvalue weighted by Gasteiger charge is -2.22. The van der Waals surface area contributed by atoms with Gasteiger partial charge < -0.3 is 4.90 Å². The van der Waals surface area contributed by atoms with Crippen LogP contribution in [0.25, 0.3) is 0 Å². The first kappa shape index (κ1) is 23.4. The Bertz CT molecular complexity index is 1010. The Hall–Kier alpha value is -2.29. The van der Waals surface area contributed by atoms with Gasteiger partial charge >= 0.3 is 0 Å². The summed E-state index contributed by atoms with van der Waals surface area (Å²) in [7, 11) is -3.65. The highest BCUT2D eigenvalue weighted by Crippen LogP contribution is 2.16. The second kappa shape index (κ2) is 10.3. The SMILES string of the molecule is Cc1ccc(C)c(S(=O)(=O)NCCC(=O)N2CCCN(Cc3ccc(F)cc3)CC2)c1. The standard InChI is InChI=1S/C23H30FN3O3S/c1-18-4-5-19(2)22(16-18)31(29,30)25-11-10-23(28)27-13-3-12-26(14-15-27)17-20-6-8-21(24)9-7-20/h4-9,16,25H,3,10-15,17H2,1-2H3. The second-order valence-corrected chi connectivity index (χ2v) is 9.79. The molecule has 1 fully saturated rings. The number of nitrogens with zero attached hydrogens (tertiary/aromatic N) is 2. The summed E-state index contributed by atoms with van der Waals surface area (Å²) < 4.78 is 40.8. The van der Waals surface area contributed by atoms with E-state index in [1.807, 2.05) is 13.0 Å². The summed E-state index contributed by atoms with van der Waals surface area (Å²) in [5.41, 5.74) is 2.59. The van der Waals surface area contributed by atoms with Crippen molar-refractivity contribution in [3.8, 4) is 0 Å². The van der Waals surface area contributed by atoms with Gasteiger partial charge in [0.05, 0.1) is 4.90 Å². The molecule has 0 radical (unpaired) electrons. The van der Waals surface area contributed by atoms with E-state index >= 15 is 0 Å². The smallest absolute Gasteiger partial charge is 0.240 e. The molecule has 8 heteroatoms. The van der Waals surface area contributed by atoms with Crippen molar-refractivity contribution >= 4 is 15.9 Å². The lowest BCUT2D eigenvalue weighted by atomic mass is 10.2. The Morgan fingerprint density at radius 1 is 1.03 bits per heavy atom. The average Bonchev–Trinajstić information content (AvgIpc) is 2.97. The summed E-state index contributed by atoms with van der Waals surface area (Å²) in [4.78, 5) is 16.9. The van der Waals surface area contributed by atoms with Gasteiger partial charge in [-0.2, -0.15) is 0 Å². The summed E-state index contributed by atoms with van der Waals surface area (Å²) in [6, 6.07) is 11.8. The molecule has 168 valence electrons. The van der Waals surface area contributed by atoms with Gasteiger partial charge in [0.25, 0.3) is 0 Å². The van der Waals surface area contributed by atoms with Crippen LogP contribution in [0.4, 0.5) is 4.39 Å². The number of benzene rings is 2. The molecule has 1 aliphatic heterocycles. The Kier molecular flexibility index (Phi) is 7.80. The summed E-state index contributed by atoms with van der Waals surface area (Å²) >= 11 is 0. The first-order chi connectivity index (χ1) is 14.7. The van der Waals surface area contributed by atoms with Gasteiger partial charge in [0.15, 0.2) is 0 Å². The van der Waals surface area contributed by atoms with Gasteiger partial charge in [-0.15, -0.1) is 0 Å². The fraction of sp³-hybridized carbons (Fsp3) is 0.435. The highest BCUT2D eigenvalue weighted by molar-refractivity contribution is 7.89. The molecule has 2 aromatic carbocycles.